The van der Waals surface area contributed by atoms with Gasteiger partial charge in [-0.1, -0.05) is 0 Å². The van der Waals surface area contributed by atoms with Crippen molar-refractivity contribution in [2.45, 2.75) is 69.6 Å². The predicted octanol–water partition coefficient (Wildman–Crippen LogP) is 1.75. The molecule has 18 heavy (non-hydrogen) atoms. The van der Waals surface area contributed by atoms with E-state index >= 15 is 0 Å². The molecule has 1 aliphatic heterocycles. The maximum Gasteiger partial charge on any atom is 0.0774 e. The standard InChI is InChI=1S/C15H28N2O/c1-15(18)8-2-3-14(15)17(13-4-5-13)11-12-6-9-16-10-7-12/h12-14,16,18H,2-11H2,1H3. The second kappa shape index (κ2) is 5.10. The van der Waals surface area contributed by atoms with Crippen LogP contribution in [0.4, 0.5) is 0 Å². The van der Waals surface area contributed by atoms with E-state index in [0.717, 1.165) is 18.4 Å². The van der Waals surface area contributed by atoms with Gasteiger partial charge in [-0.15, -0.1) is 0 Å². The molecule has 0 radical (unpaired) electrons. The molecular formula is C15H28N2O. The van der Waals surface area contributed by atoms with Crippen LogP contribution in [0.5, 0.6) is 0 Å². The lowest BCUT2D eigenvalue weighted by Gasteiger charge is -2.39. The Morgan fingerprint density at radius 3 is 2.44 bits per heavy atom. The Morgan fingerprint density at radius 2 is 1.89 bits per heavy atom. The van der Waals surface area contributed by atoms with Crippen LogP contribution in [0.15, 0.2) is 0 Å². The first-order valence-corrected chi connectivity index (χ1v) is 7.86. The lowest BCUT2D eigenvalue weighted by Crippen LogP contribution is -2.51. The first-order chi connectivity index (χ1) is 8.67. The van der Waals surface area contributed by atoms with Crippen molar-refractivity contribution < 1.29 is 5.11 Å². The SMILES string of the molecule is CC1(O)CCCC1N(CC1CCNCC1)C1CC1. The molecule has 2 atom stereocenters. The minimum Gasteiger partial charge on any atom is -0.389 e. The van der Waals surface area contributed by atoms with Gasteiger partial charge in [-0.2, -0.15) is 0 Å². The van der Waals surface area contributed by atoms with Gasteiger partial charge in [0.15, 0.2) is 0 Å². The van der Waals surface area contributed by atoms with Crippen molar-refractivity contribution in [3.05, 3.63) is 0 Å². The summed E-state index contributed by atoms with van der Waals surface area (Å²) >= 11 is 0. The Labute approximate surface area is 111 Å². The van der Waals surface area contributed by atoms with E-state index in [9.17, 15) is 5.11 Å². The van der Waals surface area contributed by atoms with Crippen LogP contribution in [0, 0.1) is 5.92 Å². The minimum absolute atomic E-state index is 0.430. The van der Waals surface area contributed by atoms with Crippen molar-refractivity contribution >= 4 is 0 Å². The number of rotatable bonds is 4. The minimum atomic E-state index is -0.435. The van der Waals surface area contributed by atoms with Gasteiger partial charge in [0.1, 0.15) is 0 Å². The molecule has 3 rings (SSSR count). The van der Waals surface area contributed by atoms with Gasteiger partial charge in [-0.3, -0.25) is 4.90 Å². The van der Waals surface area contributed by atoms with Gasteiger partial charge in [0, 0.05) is 18.6 Å². The van der Waals surface area contributed by atoms with Crippen LogP contribution in [0.25, 0.3) is 0 Å². The highest BCUT2D eigenvalue weighted by atomic mass is 16.3. The summed E-state index contributed by atoms with van der Waals surface area (Å²) in [4.78, 5) is 2.68. The smallest absolute Gasteiger partial charge is 0.0774 e. The molecule has 2 saturated carbocycles. The molecule has 1 heterocycles. The molecule has 0 spiro atoms. The van der Waals surface area contributed by atoms with Crippen LogP contribution in [0.3, 0.4) is 0 Å². The first kappa shape index (κ1) is 12.9. The molecule has 0 aromatic rings. The topological polar surface area (TPSA) is 35.5 Å². The summed E-state index contributed by atoms with van der Waals surface area (Å²) < 4.78 is 0. The van der Waals surface area contributed by atoms with Crippen LogP contribution in [-0.2, 0) is 0 Å². The van der Waals surface area contributed by atoms with E-state index < -0.39 is 5.60 Å². The monoisotopic (exact) mass is 252 g/mol. The predicted molar refractivity (Wildman–Crippen MR) is 73.6 cm³/mol. The quantitative estimate of drug-likeness (QED) is 0.800. The Kier molecular flexibility index (Phi) is 3.65. The Hall–Kier alpha value is -0.120. The molecule has 0 amide bonds. The van der Waals surface area contributed by atoms with Crippen molar-refractivity contribution in [3.8, 4) is 0 Å². The van der Waals surface area contributed by atoms with Crippen LogP contribution in [-0.4, -0.2) is 47.3 Å². The summed E-state index contributed by atoms with van der Waals surface area (Å²) in [5, 5.41) is 14.0. The van der Waals surface area contributed by atoms with Crippen molar-refractivity contribution in [3.63, 3.8) is 0 Å². The Morgan fingerprint density at radius 1 is 1.17 bits per heavy atom. The molecule has 2 aliphatic carbocycles. The van der Waals surface area contributed by atoms with E-state index in [2.05, 4.69) is 17.1 Å². The van der Waals surface area contributed by atoms with Crippen LogP contribution in [0.2, 0.25) is 0 Å². The zero-order chi connectivity index (χ0) is 12.6. The highest BCUT2D eigenvalue weighted by Gasteiger charge is 2.45. The number of hydrogen-bond acceptors (Lipinski definition) is 3. The van der Waals surface area contributed by atoms with Crippen LogP contribution >= 0.6 is 0 Å². The van der Waals surface area contributed by atoms with Gasteiger partial charge in [-0.05, 0) is 70.9 Å². The van der Waals surface area contributed by atoms with Gasteiger partial charge in [0.2, 0.25) is 0 Å². The Bertz CT molecular complexity index is 282. The van der Waals surface area contributed by atoms with E-state index in [1.807, 2.05) is 0 Å². The number of hydrogen-bond donors (Lipinski definition) is 2. The van der Waals surface area contributed by atoms with Gasteiger partial charge < -0.3 is 10.4 Å². The summed E-state index contributed by atoms with van der Waals surface area (Å²) in [6, 6.07) is 1.22. The van der Waals surface area contributed by atoms with Gasteiger partial charge in [0.05, 0.1) is 5.60 Å². The maximum atomic E-state index is 10.6. The first-order valence-electron chi connectivity index (χ1n) is 7.86. The van der Waals surface area contributed by atoms with Crippen LogP contribution in [0.1, 0.15) is 51.9 Å². The largest absolute Gasteiger partial charge is 0.389 e. The Balaban J connectivity index is 1.64. The normalized spacial score (nSPS) is 38.5. The molecule has 0 bridgehead atoms. The van der Waals surface area contributed by atoms with Crippen molar-refractivity contribution in [1.82, 2.24) is 10.2 Å². The third-order valence-electron chi connectivity index (χ3n) is 5.22. The van der Waals surface area contributed by atoms with E-state index in [0.29, 0.717) is 6.04 Å². The maximum absolute atomic E-state index is 10.6. The number of nitrogens with zero attached hydrogens (tertiary/aromatic N) is 1. The fourth-order valence-electron chi connectivity index (χ4n) is 3.95. The lowest BCUT2D eigenvalue weighted by atomic mass is 9.93. The van der Waals surface area contributed by atoms with E-state index in [-0.39, 0.29) is 0 Å². The molecule has 3 fully saturated rings. The highest BCUT2D eigenvalue weighted by Crippen LogP contribution is 2.40. The molecule has 1 saturated heterocycles. The van der Waals surface area contributed by atoms with Crippen molar-refractivity contribution in [2.24, 2.45) is 5.92 Å². The third-order valence-corrected chi connectivity index (χ3v) is 5.22. The molecular weight excluding hydrogens is 224 g/mol. The molecule has 3 aliphatic rings. The van der Waals surface area contributed by atoms with E-state index in [1.54, 1.807) is 0 Å². The van der Waals surface area contributed by atoms with Gasteiger partial charge >= 0.3 is 0 Å². The zero-order valence-electron chi connectivity index (χ0n) is 11.7. The van der Waals surface area contributed by atoms with Crippen LogP contribution < -0.4 is 5.32 Å². The zero-order valence-corrected chi connectivity index (χ0v) is 11.7. The molecule has 2 unspecified atom stereocenters. The second-order valence-electron chi connectivity index (χ2n) is 6.89. The average molecular weight is 252 g/mol. The summed E-state index contributed by atoms with van der Waals surface area (Å²) in [5.41, 5.74) is -0.435. The molecule has 3 nitrogen and oxygen atoms in total. The third kappa shape index (κ3) is 2.73. The number of aliphatic hydroxyl groups is 1. The summed E-state index contributed by atoms with van der Waals surface area (Å²) in [5.74, 6) is 0.850. The summed E-state index contributed by atoms with van der Waals surface area (Å²) in [7, 11) is 0. The molecule has 104 valence electrons. The van der Waals surface area contributed by atoms with Crippen molar-refractivity contribution in [1.29, 1.82) is 0 Å². The highest BCUT2D eigenvalue weighted by molar-refractivity contribution is 5.00. The average Bonchev–Trinajstić information content (AvgIpc) is 3.12. The fraction of sp³-hybridized carbons (Fsp3) is 1.00. The number of piperidine rings is 1. The lowest BCUT2D eigenvalue weighted by molar-refractivity contribution is -0.0231. The molecule has 0 aromatic heterocycles. The molecule has 0 aromatic carbocycles. The molecule has 3 heteroatoms. The molecule has 2 N–H and O–H groups in total. The van der Waals surface area contributed by atoms with Crippen molar-refractivity contribution in [2.75, 3.05) is 19.6 Å². The summed E-state index contributed by atoms with van der Waals surface area (Å²) in [6.07, 6.45) is 8.75. The second-order valence-corrected chi connectivity index (χ2v) is 6.89. The van der Waals surface area contributed by atoms with E-state index in [1.165, 1.54) is 58.2 Å². The fourth-order valence-corrected chi connectivity index (χ4v) is 3.95. The van der Waals surface area contributed by atoms with E-state index in [4.69, 9.17) is 0 Å². The van der Waals surface area contributed by atoms with Gasteiger partial charge in [0.25, 0.3) is 0 Å². The summed E-state index contributed by atoms with van der Waals surface area (Å²) in [6.45, 7) is 5.66. The van der Waals surface area contributed by atoms with Gasteiger partial charge in [-0.25, -0.2) is 0 Å². The number of nitrogens with one attached hydrogen (secondary N) is 1.